The van der Waals surface area contributed by atoms with Crippen molar-refractivity contribution >= 4 is 33.0 Å². The van der Waals surface area contributed by atoms with Gasteiger partial charge >= 0.3 is 0 Å². The van der Waals surface area contributed by atoms with Crippen LogP contribution in [0.2, 0.25) is 0 Å². The highest BCUT2D eigenvalue weighted by Crippen LogP contribution is 2.16. The van der Waals surface area contributed by atoms with Crippen LogP contribution in [0.4, 0.5) is 0 Å². The van der Waals surface area contributed by atoms with Crippen molar-refractivity contribution in [1.29, 1.82) is 5.26 Å². The van der Waals surface area contributed by atoms with Gasteiger partial charge in [-0.1, -0.05) is 35.5 Å². The number of oxime groups is 1. The largest absolute Gasteiger partial charge is 0.388 e. The molecule has 0 aliphatic rings. The van der Waals surface area contributed by atoms with E-state index in [-0.39, 0.29) is 12.3 Å². The molecule has 0 aliphatic carbocycles. The van der Waals surface area contributed by atoms with Crippen molar-refractivity contribution in [3.63, 3.8) is 0 Å². The summed E-state index contributed by atoms with van der Waals surface area (Å²) < 4.78 is 0.800. The van der Waals surface area contributed by atoms with Gasteiger partial charge in [0.15, 0.2) is 16.2 Å². The summed E-state index contributed by atoms with van der Waals surface area (Å²) in [5, 5.41) is 14.7. The fraction of sp³-hybridized carbons (Fsp3) is 0.0833. The van der Waals surface area contributed by atoms with Gasteiger partial charge in [0.2, 0.25) is 0 Å². The molecule has 0 atom stereocenters. The molecule has 0 saturated heterocycles. The number of hydrogen-bond acceptors (Lipinski definition) is 5. The zero-order chi connectivity index (χ0) is 12.8. The molecule has 0 radical (unpaired) electrons. The van der Waals surface area contributed by atoms with Crippen molar-refractivity contribution in [2.75, 3.05) is 0 Å². The number of hydrogen-bond donors (Lipinski definition) is 0. The molecule has 0 unspecified atom stereocenters. The average Bonchev–Trinajstić information content (AvgIpc) is 2.81. The van der Waals surface area contributed by atoms with Gasteiger partial charge in [0.05, 0.1) is 5.69 Å². The van der Waals surface area contributed by atoms with Crippen LogP contribution >= 0.6 is 27.3 Å². The van der Waals surface area contributed by atoms with E-state index in [9.17, 15) is 0 Å². The van der Waals surface area contributed by atoms with Crippen molar-refractivity contribution in [2.24, 2.45) is 5.16 Å². The number of rotatable bonds is 4. The summed E-state index contributed by atoms with van der Waals surface area (Å²) in [5.41, 5.74) is 1.77. The third-order valence-electron chi connectivity index (χ3n) is 2.05. The average molecular weight is 322 g/mol. The zero-order valence-electron chi connectivity index (χ0n) is 9.21. The normalized spacial score (nSPS) is 11.0. The lowest BCUT2D eigenvalue weighted by Crippen LogP contribution is -1.98. The quantitative estimate of drug-likeness (QED) is 0.641. The van der Waals surface area contributed by atoms with Crippen molar-refractivity contribution in [1.82, 2.24) is 4.98 Å². The first-order chi connectivity index (χ1) is 8.79. The summed E-state index contributed by atoms with van der Waals surface area (Å²) in [5.74, 6) is 0. The number of thiazole rings is 1. The maximum atomic E-state index is 9.00. The van der Waals surface area contributed by atoms with E-state index in [2.05, 4.69) is 26.1 Å². The van der Waals surface area contributed by atoms with E-state index in [1.54, 1.807) is 0 Å². The Morgan fingerprint density at radius 3 is 2.83 bits per heavy atom. The van der Waals surface area contributed by atoms with Gasteiger partial charge in [0, 0.05) is 10.9 Å². The van der Waals surface area contributed by atoms with Crippen molar-refractivity contribution in [3.05, 3.63) is 50.9 Å². The second kappa shape index (κ2) is 6.28. The Balaban J connectivity index is 2.02. The highest BCUT2D eigenvalue weighted by atomic mass is 79.9. The number of benzene rings is 1. The van der Waals surface area contributed by atoms with Gasteiger partial charge in [-0.2, -0.15) is 5.26 Å². The highest BCUT2D eigenvalue weighted by molar-refractivity contribution is 9.11. The Morgan fingerprint density at radius 2 is 2.22 bits per heavy atom. The maximum Gasteiger partial charge on any atom is 0.186 e. The second-order valence-corrected chi connectivity index (χ2v) is 5.42. The Bertz CT molecular complexity index is 589. The minimum Gasteiger partial charge on any atom is -0.388 e. The van der Waals surface area contributed by atoms with Gasteiger partial charge in [-0.15, -0.1) is 11.3 Å². The van der Waals surface area contributed by atoms with E-state index >= 15 is 0 Å². The summed E-state index contributed by atoms with van der Waals surface area (Å²) >= 11 is 4.74. The van der Waals surface area contributed by atoms with Crippen LogP contribution < -0.4 is 0 Å². The summed E-state index contributed by atoms with van der Waals surface area (Å²) in [4.78, 5) is 9.29. The molecule has 0 spiro atoms. The van der Waals surface area contributed by atoms with Crippen LogP contribution in [0.3, 0.4) is 0 Å². The maximum absolute atomic E-state index is 9.00. The number of nitriles is 1. The Kier molecular flexibility index (Phi) is 4.45. The molecule has 0 saturated carbocycles. The molecule has 0 aliphatic heterocycles. The van der Waals surface area contributed by atoms with E-state index < -0.39 is 0 Å². The fourth-order valence-electron chi connectivity index (χ4n) is 1.25. The summed E-state index contributed by atoms with van der Waals surface area (Å²) in [6.45, 7) is 0.250. The molecule has 2 rings (SSSR count). The van der Waals surface area contributed by atoms with Gasteiger partial charge in [-0.25, -0.2) is 4.98 Å². The Labute approximate surface area is 117 Å². The standard InChI is InChI=1S/C12H8BrN3OS/c13-12-15-10(8-18-12)7-17-16-11(6-14)9-4-2-1-3-5-9/h1-5,8H,7H2/b16-11-. The lowest BCUT2D eigenvalue weighted by molar-refractivity contribution is 0.128. The van der Waals surface area contributed by atoms with Crippen LogP contribution in [0.15, 0.2) is 44.8 Å². The molecule has 0 fully saturated rings. The Hall–Kier alpha value is -1.71. The summed E-state index contributed by atoms with van der Waals surface area (Å²) in [7, 11) is 0. The number of aromatic nitrogens is 1. The van der Waals surface area contributed by atoms with Crippen molar-refractivity contribution < 1.29 is 4.84 Å². The monoisotopic (exact) mass is 321 g/mol. The zero-order valence-corrected chi connectivity index (χ0v) is 11.6. The van der Waals surface area contributed by atoms with E-state index in [0.717, 1.165) is 15.2 Å². The van der Waals surface area contributed by atoms with Crippen LogP contribution in [0.5, 0.6) is 0 Å². The molecule has 0 amide bonds. The lowest BCUT2D eigenvalue weighted by atomic mass is 10.1. The number of nitrogens with zero attached hydrogens (tertiary/aromatic N) is 3. The molecule has 2 aromatic rings. The number of halogens is 1. The fourth-order valence-corrected chi connectivity index (χ4v) is 2.28. The first-order valence-corrected chi connectivity index (χ1v) is 6.72. The summed E-state index contributed by atoms with van der Waals surface area (Å²) in [6, 6.07) is 11.2. The molecule has 6 heteroatoms. The predicted octanol–water partition coefficient (Wildman–Crippen LogP) is 3.35. The van der Waals surface area contributed by atoms with E-state index in [1.807, 2.05) is 41.8 Å². The van der Waals surface area contributed by atoms with Gasteiger partial charge < -0.3 is 4.84 Å². The van der Waals surface area contributed by atoms with Gasteiger partial charge in [-0.3, -0.25) is 0 Å². The van der Waals surface area contributed by atoms with Crippen LogP contribution in [0, 0.1) is 11.3 Å². The van der Waals surface area contributed by atoms with E-state index in [1.165, 1.54) is 11.3 Å². The minimum atomic E-state index is 0.250. The molecule has 1 aromatic carbocycles. The van der Waals surface area contributed by atoms with E-state index in [4.69, 9.17) is 10.1 Å². The minimum absolute atomic E-state index is 0.250. The van der Waals surface area contributed by atoms with Gasteiger partial charge in [0.1, 0.15) is 6.07 Å². The first-order valence-electron chi connectivity index (χ1n) is 5.05. The smallest absolute Gasteiger partial charge is 0.186 e. The predicted molar refractivity (Wildman–Crippen MR) is 73.2 cm³/mol. The first kappa shape index (κ1) is 12.7. The lowest BCUT2D eigenvalue weighted by Gasteiger charge is -1.98. The topological polar surface area (TPSA) is 58.3 Å². The molecule has 1 heterocycles. The van der Waals surface area contributed by atoms with Crippen LogP contribution in [0.25, 0.3) is 0 Å². The highest BCUT2D eigenvalue weighted by Gasteiger charge is 2.03. The van der Waals surface area contributed by atoms with Crippen molar-refractivity contribution in [3.8, 4) is 6.07 Å². The molecule has 0 bridgehead atoms. The molecule has 0 N–H and O–H groups in total. The third kappa shape index (κ3) is 3.39. The molecule has 18 heavy (non-hydrogen) atoms. The Morgan fingerprint density at radius 1 is 1.44 bits per heavy atom. The molecular formula is C12H8BrN3OS. The summed E-state index contributed by atoms with van der Waals surface area (Å²) in [6.07, 6.45) is 0. The second-order valence-electron chi connectivity index (χ2n) is 3.28. The van der Waals surface area contributed by atoms with Gasteiger partial charge in [0.25, 0.3) is 0 Å². The molecule has 4 nitrogen and oxygen atoms in total. The van der Waals surface area contributed by atoms with E-state index in [0.29, 0.717) is 0 Å². The SMILES string of the molecule is N#C/C(=N/OCc1csc(Br)n1)c1ccccc1. The molecule has 1 aromatic heterocycles. The van der Waals surface area contributed by atoms with Crippen LogP contribution in [0.1, 0.15) is 11.3 Å². The van der Waals surface area contributed by atoms with Gasteiger partial charge in [-0.05, 0) is 15.9 Å². The molecular weight excluding hydrogens is 314 g/mol. The van der Waals surface area contributed by atoms with Crippen LogP contribution in [-0.2, 0) is 11.4 Å². The van der Waals surface area contributed by atoms with Crippen molar-refractivity contribution in [2.45, 2.75) is 6.61 Å². The molecule has 90 valence electrons. The van der Waals surface area contributed by atoms with Crippen LogP contribution in [-0.4, -0.2) is 10.7 Å². The third-order valence-corrected chi connectivity index (χ3v) is 3.46.